The van der Waals surface area contributed by atoms with Crippen LogP contribution in [0.1, 0.15) is 99.3 Å². The van der Waals surface area contributed by atoms with Crippen LogP contribution in [0.3, 0.4) is 0 Å². The van der Waals surface area contributed by atoms with Crippen molar-refractivity contribution in [2.45, 2.75) is 141 Å². The first-order valence-corrected chi connectivity index (χ1v) is 20.7. The third-order valence-corrected chi connectivity index (χ3v) is 17.9. The minimum absolute atomic E-state index is 0.0715. The van der Waals surface area contributed by atoms with Crippen LogP contribution in [0, 0.1) is 62.1 Å². The number of fused-ring (bicyclic) bond motifs is 3. The Bertz CT molecular complexity index is 1880. The summed E-state index contributed by atoms with van der Waals surface area (Å²) in [5.74, 6) is -8.22. The topological polar surface area (TPSA) is 200 Å². The standard InChI is InChI=1S/C44H60O12/c1-21(17-45)24-10-9-14-39(8,30(24)47)43(52)32(49)27-37(5,6)18-40(35(51)38(27,7)19-54-43)15-13-23-16-36(3,4)28-33(50)44(53)42-26(41(28,20-55-44)34(23)56-40)12-11-25(31(42)48)22(2)29(42)46/h17,24-28,30-33,47-50,52-53H,1-2,9-16,18-20H2,3-8H3/t24-,25-,26-,27+,28+,30+,31+,32-,33-,38+,39+,40+,41-,42-,43?,44-/m0/s1. The maximum Gasteiger partial charge on any atom is 0.208 e. The molecule has 0 aromatic carbocycles. The predicted octanol–water partition coefficient (Wildman–Crippen LogP) is 3.05. The lowest BCUT2D eigenvalue weighted by atomic mass is 9.36. The highest BCUT2D eigenvalue weighted by Crippen LogP contribution is 2.78. The number of aliphatic hydroxyl groups excluding tert-OH is 4. The molecule has 16 atom stereocenters. The molecule has 1 unspecified atom stereocenters. The second kappa shape index (κ2) is 11.3. The summed E-state index contributed by atoms with van der Waals surface area (Å²) in [7, 11) is 0. The van der Waals surface area contributed by atoms with Gasteiger partial charge in [-0.25, -0.2) is 0 Å². The average molecular weight is 781 g/mol. The summed E-state index contributed by atoms with van der Waals surface area (Å²) in [6, 6.07) is 0. The van der Waals surface area contributed by atoms with Crippen LogP contribution in [0.5, 0.6) is 0 Å². The van der Waals surface area contributed by atoms with Crippen molar-refractivity contribution in [3.05, 3.63) is 35.6 Å². The molecule has 10 rings (SSSR count). The van der Waals surface area contributed by atoms with Crippen molar-refractivity contribution in [2.75, 3.05) is 13.2 Å². The van der Waals surface area contributed by atoms with Gasteiger partial charge >= 0.3 is 0 Å². The van der Waals surface area contributed by atoms with E-state index in [4.69, 9.17) is 14.2 Å². The number of ketones is 2. The third-order valence-electron chi connectivity index (χ3n) is 17.9. The minimum atomic E-state index is -2.35. The first-order chi connectivity index (χ1) is 25.9. The van der Waals surface area contributed by atoms with Gasteiger partial charge in [-0.15, -0.1) is 0 Å². The van der Waals surface area contributed by atoms with Crippen molar-refractivity contribution in [1.82, 2.24) is 0 Å². The molecule has 308 valence electrons. The summed E-state index contributed by atoms with van der Waals surface area (Å²) < 4.78 is 20.0. The van der Waals surface area contributed by atoms with E-state index in [1.807, 2.05) is 27.7 Å². The lowest BCUT2D eigenvalue weighted by molar-refractivity contribution is -0.444. The van der Waals surface area contributed by atoms with E-state index in [-0.39, 0.29) is 36.6 Å². The molecule has 12 nitrogen and oxygen atoms in total. The fraction of sp³-hybridized carbons (Fsp3) is 0.795. The van der Waals surface area contributed by atoms with Crippen LogP contribution >= 0.6 is 0 Å². The van der Waals surface area contributed by atoms with E-state index >= 15 is 4.79 Å². The Morgan fingerprint density at radius 2 is 1.48 bits per heavy atom. The van der Waals surface area contributed by atoms with Crippen molar-refractivity contribution >= 4 is 17.9 Å². The molecule has 10 aliphatic rings. The maximum absolute atomic E-state index is 15.5. The summed E-state index contributed by atoms with van der Waals surface area (Å²) in [5, 5.41) is 73.4. The first kappa shape index (κ1) is 39.2. The van der Waals surface area contributed by atoms with Gasteiger partial charge in [-0.05, 0) is 91.8 Å². The van der Waals surface area contributed by atoms with E-state index in [9.17, 15) is 40.2 Å². The Balaban J connectivity index is 1.12. The van der Waals surface area contributed by atoms with Crippen LogP contribution in [-0.4, -0.2) is 103 Å². The molecule has 0 aromatic heterocycles. The Morgan fingerprint density at radius 1 is 0.821 bits per heavy atom. The number of rotatable bonds is 3. The van der Waals surface area contributed by atoms with Gasteiger partial charge in [-0.1, -0.05) is 54.2 Å². The molecule has 3 saturated heterocycles. The van der Waals surface area contributed by atoms with E-state index < -0.39 is 109 Å². The highest BCUT2D eigenvalue weighted by Gasteiger charge is 2.87. The largest absolute Gasteiger partial charge is 0.483 e. The monoisotopic (exact) mass is 780 g/mol. The van der Waals surface area contributed by atoms with Crippen LogP contribution < -0.4 is 0 Å². The van der Waals surface area contributed by atoms with E-state index in [1.54, 1.807) is 13.8 Å². The van der Waals surface area contributed by atoms with Gasteiger partial charge in [-0.3, -0.25) is 14.4 Å². The summed E-state index contributed by atoms with van der Waals surface area (Å²) >= 11 is 0. The predicted molar refractivity (Wildman–Crippen MR) is 199 cm³/mol. The van der Waals surface area contributed by atoms with E-state index in [0.717, 1.165) is 5.57 Å². The van der Waals surface area contributed by atoms with Gasteiger partial charge in [0, 0.05) is 23.7 Å². The Hall–Kier alpha value is -2.29. The summed E-state index contributed by atoms with van der Waals surface area (Å²) in [6.07, 6.45) is -1.32. The normalized spacial score (nSPS) is 55.1. The molecule has 0 amide bonds. The Labute approximate surface area is 328 Å². The highest BCUT2D eigenvalue weighted by molar-refractivity contribution is 6.05. The van der Waals surface area contributed by atoms with Gasteiger partial charge in [0.05, 0.1) is 41.7 Å². The quantitative estimate of drug-likeness (QED) is 0.181. The summed E-state index contributed by atoms with van der Waals surface area (Å²) in [5.41, 5.74) is -7.23. The van der Waals surface area contributed by atoms with Gasteiger partial charge < -0.3 is 44.8 Å². The third kappa shape index (κ3) is 4.03. The SMILES string of the molecule is C=C1C(=O)[C@]23[C@H](O)[C@H]1CC[C@H]2[C@@]12CO[C@@]3(O)[C@@H](O)[C@@H]1C(C)(C)CC1=C2O[C@]2(CC1)CC(C)(C)[C@H]1[C@H](O)C(O)([C@]3(C)CCC[C@@H](C(=C)C=O)[C@H]3O)OC[C@@]1(C)C2=O. The van der Waals surface area contributed by atoms with Crippen molar-refractivity contribution in [2.24, 2.45) is 62.1 Å². The molecular formula is C44H60O12. The average Bonchev–Trinajstić information content (AvgIpc) is 3.22. The number of allylic oxidation sites excluding steroid dienone is 1. The molecular weight excluding hydrogens is 720 g/mol. The van der Waals surface area contributed by atoms with Crippen LogP contribution in [0.2, 0.25) is 0 Å². The zero-order valence-corrected chi connectivity index (χ0v) is 33.6. The molecule has 12 heteroatoms. The number of hydrogen-bond acceptors (Lipinski definition) is 12. The van der Waals surface area contributed by atoms with Crippen LogP contribution in [0.15, 0.2) is 35.6 Å². The molecule has 6 aliphatic carbocycles. The molecule has 0 aromatic rings. The molecule has 3 spiro atoms. The number of aliphatic hydroxyl groups is 6. The van der Waals surface area contributed by atoms with Crippen molar-refractivity contribution < 1.29 is 59.2 Å². The van der Waals surface area contributed by atoms with Gasteiger partial charge in [0.15, 0.2) is 23.0 Å². The highest BCUT2D eigenvalue weighted by atomic mass is 16.7. The molecule has 0 radical (unpaired) electrons. The van der Waals surface area contributed by atoms with E-state index in [2.05, 4.69) is 13.2 Å². The summed E-state index contributed by atoms with van der Waals surface area (Å²) in [6.45, 7) is 19.0. The molecule has 4 bridgehead atoms. The van der Waals surface area contributed by atoms with Crippen molar-refractivity contribution in [3.63, 3.8) is 0 Å². The Morgan fingerprint density at radius 3 is 2.16 bits per heavy atom. The fourth-order valence-electron chi connectivity index (χ4n) is 15.8. The maximum atomic E-state index is 15.5. The molecule has 6 N–H and O–H groups in total. The molecule has 56 heavy (non-hydrogen) atoms. The fourth-order valence-corrected chi connectivity index (χ4v) is 15.8. The van der Waals surface area contributed by atoms with E-state index in [0.29, 0.717) is 63.4 Å². The van der Waals surface area contributed by atoms with E-state index in [1.165, 1.54) is 0 Å². The van der Waals surface area contributed by atoms with Crippen molar-refractivity contribution in [3.8, 4) is 0 Å². The Kier molecular flexibility index (Phi) is 7.90. The molecule has 4 heterocycles. The van der Waals surface area contributed by atoms with Gasteiger partial charge in [-0.2, -0.15) is 0 Å². The number of aldehydes is 1. The first-order valence-electron chi connectivity index (χ1n) is 20.7. The zero-order chi connectivity index (χ0) is 40.8. The van der Waals surface area contributed by atoms with Gasteiger partial charge in [0.1, 0.15) is 29.7 Å². The lowest BCUT2D eigenvalue weighted by Gasteiger charge is -2.74. The van der Waals surface area contributed by atoms with Crippen molar-refractivity contribution in [1.29, 1.82) is 0 Å². The van der Waals surface area contributed by atoms with Gasteiger partial charge in [0.2, 0.25) is 5.79 Å². The number of Topliss-reactive ketones (excluding diaryl/α,β-unsaturated/α-hetero) is 2. The lowest BCUT2D eigenvalue weighted by Crippen LogP contribution is -2.84. The zero-order valence-electron chi connectivity index (χ0n) is 33.6. The number of ether oxygens (including phenoxy) is 3. The second-order valence-corrected chi connectivity index (χ2v) is 21.4. The van der Waals surface area contributed by atoms with Crippen LogP contribution in [0.25, 0.3) is 0 Å². The summed E-state index contributed by atoms with van der Waals surface area (Å²) in [4.78, 5) is 41.6. The number of carbonyl (C=O) groups is 3. The smallest absolute Gasteiger partial charge is 0.208 e. The van der Waals surface area contributed by atoms with Crippen LogP contribution in [0.4, 0.5) is 0 Å². The van der Waals surface area contributed by atoms with Gasteiger partial charge in [0.25, 0.3) is 0 Å². The molecule has 5 saturated carbocycles. The number of hydrogen-bond donors (Lipinski definition) is 6. The molecule has 4 aliphatic heterocycles. The second-order valence-electron chi connectivity index (χ2n) is 21.4. The molecule has 8 fully saturated rings. The number of carbonyl (C=O) groups excluding carboxylic acids is 3. The minimum Gasteiger partial charge on any atom is -0.483 e. The van der Waals surface area contributed by atoms with Crippen LogP contribution in [-0.2, 0) is 28.6 Å².